The van der Waals surface area contributed by atoms with Crippen LogP contribution in [0.1, 0.15) is 5.56 Å². The molecule has 2 rings (SSSR count). The topological polar surface area (TPSA) is 66.4 Å². The van der Waals surface area contributed by atoms with Gasteiger partial charge in [-0.2, -0.15) is 0 Å². The molecule has 0 aromatic heterocycles. The first-order chi connectivity index (χ1) is 11.0. The van der Waals surface area contributed by atoms with Gasteiger partial charge >= 0.3 is 143 Å². The van der Waals surface area contributed by atoms with Crippen LogP contribution in [0.3, 0.4) is 0 Å². The van der Waals surface area contributed by atoms with Gasteiger partial charge in [-0.05, 0) is 0 Å². The van der Waals surface area contributed by atoms with Crippen molar-refractivity contribution >= 4 is 10.1 Å². The molecule has 0 spiro atoms. The van der Waals surface area contributed by atoms with Crippen LogP contribution < -0.4 is 23.7 Å². The normalized spacial score (nSPS) is 16.2. The summed E-state index contributed by atoms with van der Waals surface area (Å²) in [5.74, 6) is 0.291. The van der Waals surface area contributed by atoms with E-state index in [1.54, 1.807) is 6.92 Å². The molecule has 0 aliphatic carbocycles. The van der Waals surface area contributed by atoms with Crippen LogP contribution in [0.2, 0.25) is 0 Å². The molecule has 0 N–H and O–H groups in total. The molecule has 134 valence electrons. The fourth-order valence-corrected chi connectivity index (χ4v) is 10.5. The first kappa shape index (κ1) is 19.0. The van der Waals surface area contributed by atoms with Crippen LogP contribution in [0.15, 0.2) is 48.5 Å². The number of rotatable bonds is 5. The van der Waals surface area contributed by atoms with Crippen molar-refractivity contribution in [3.63, 3.8) is 0 Å². The van der Waals surface area contributed by atoms with E-state index in [0.29, 0.717) is 11.3 Å². The Bertz CT molecular complexity index is 823. The predicted octanol–water partition coefficient (Wildman–Crippen LogP) is 0.183. The van der Waals surface area contributed by atoms with Crippen LogP contribution in [0.4, 0.5) is 11.6 Å². The van der Waals surface area contributed by atoms with Gasteiger partial charge in [0.1, 0.15) is 0 Å². The SMILES string of the molecule is COc1ccc([I-](F)(c2ccc(C)cc2)C(F)(F)S(=O)(=O)[O-])cc1. The predicted molar refractivity (Wildman–Crippen MR) is 77.3 cm³/mol. The second kappa shape index (κ2) is 6.52. The van der Waals surface area contributed by atoms with Gasteiger partial charge in [-0.15, -0.1) is 0 Å². The van der Waals surface area contributed by atoms with Crippen LogP contribution in [-0.4, -0.2) is 23.3 Å². The van der Waals surface area contributed by atoms with Crippen molar-refractivity contribution in [1.82, 2.24) is 0 Å². The number of methoxy groups -OCH3 is 1. The van der Waals surface area contributed by atoms with Crippen LogP contribution in [-0.2, 0) is 10.1 Å². The average Bonchev–Trinajstić information content (AvgIpc) is 2.53. The van der Waals surface area contributed by atoms with E-state index in [4.69, 9.17) is 4.74 Å². The zero-order chi connectivity index (χ0) is 18.2. The van der Waals surface area contributed by atoms with Crippen molar-refractivity contribution in [3.8, 4) is 5.75 Å². The first-order valence-corrected chi connectivity index (χ1v) is 12.0. The Morgan fingerprint density at radius 3 is 1.79 bits per heavy atom. The third kappa shape index (κ3) is 3.11. The molecular weight excluding hydrogens is 460 g/mol. The van der Waals surface area contributed by atoms with Crippen molar-refractivity contribution in [2.24, 2.45) is 0 Å². The molecule has 24 heavy (non-hydrogen) atoms. The molecule has 0 fully saturated rings. The second-order valence-electron chi connectivity index (χ2n) is 4.85. The molecule has 0 aliphatic heterocycles. The molecule has 0 amide bonds. The number of aryl methyl sites for hydroxylation is 1. The summed E-state index contributed by atoms with van der Waals surface area (Å²) in [4.78, 5) is 0. The zero-order valence-corrected chi connectivity index (χ0v) is 15.6. The number of ether oxygens (including phenoxy) is 1. The molecule has 0 saturated heterocycles. The molecule has 1 unspecified atom stereocenters. The van der Waals surface area contributed by atoms with Gasteiger partial charge in [-0.1, -0.05) is 0 Å². The summed E-state index contributed by atoms with van der Waals surface area (Å²) in [6.45, 7) is 1.67. The third-order valence-electron chi connectivity index (χ3n) is 3.25. The number of halogens is 4. The van der Waals surface area contributed by atoms with Gasteiger partial charge in [-0.25, -0.2) is 0 Å². The molecule has 4 nitrogen and oxygen atoms in total. The van der Waals surface area contributed by atoms with Gasteiger partial charge in [-0.3, -0.25) is 0 Å². The summed E-state index contributed by atoms with van der Waals surface area (Å²) in [5.41, 5.74) is 0.685. The van der Waals surface area contributed by atoms with E-state index >= 15 is 2.86 Å². The van der Waals surface area contributed by atoms with Crippen LogP contribution in [0.25, 0.3) is 0 Å². The first-order valence-electron chi connectivity index (χ1n) is 6.55. The molecule has 1 atom stereocenters. The maximum atomic E-state index is 15.7. The van der Waals surface area contributed by atoms with Gasteiger partial charge in [0.25, 0.3) is 0 Å². The molecule has 0 saturated carbocycles. The van der Waals surface area contributed by atoms with E-state index in [1.165, 1.54) is 31.4 Å². The Morgan fingerprint density at radius 1 is 1.00 bits per heavy atom. The van der Waals surface area contributed by atoms with Crippen molar-refractivity contribution < 1.29 is 48.4 Å². The Hall–Kier alpha value is -1.33. The molecular formula is C15H14F3IO4S-2. The number of hydrogen-bond acceptors (Lipinski definition) is 4. The van der Waals surface area contributed by atoms with E-state index in [2.05, 4.69) is 0 Å². The Kier molecular flexibility index (Phi) is 5.17. The summed E-state index contributed by atoms with van der Waals surface area (Å²) in [5, 5.41) is 0. The minimum atomic E-state index is -6.27. The van der Waals surface area contributed by atoms with Crippen molar-refractivity contribution in [2.45, 2.75) is 10.2 Å². The van der Waals surface area contributed by atoms with E-state index in [1.807, 2.05) is 0 Å². The monoisotopic (exact) mass is 474 g/mol. The Balaban J connectivity index is 2.75. The molecule has 2 aromatic rings. The summed E-state index contributed by atoms with van der Waals surface area (Å²) in [6.07, 6.45) is 0. The standard InChI is InChI=1S/C15H15F3IO4S/c1-11-3-5-12(6-4-11)19(18,15(16,17)24(20,21)22)13-7-9-14(23-2)10-8-13/h3-10H,1-2H3,(H,20,21,22)/q-1/p-1. The van der Waals surface area contributed by atoms with Gasteiger partial charge in [0, 0.05) is 0 Å². The summed E-state index contributed by atoms with van der Waals surface area (Å²) >= 11 is -6.27. The second-order valence-corrected chi connectivity index (χ2v) is 13.7. The van der Waals surface area contributed by atoms with E-state index in [9.17, 15) is 21.8 Å². The third-order valence-corrected chi connectivity index (χ3v) is 13.5. The molecule has 0 aliphatic rings. The molecule has 9 heteroatoms. The fourth-order valence-electron chi connectivity index (χ4n) is 1.96. The van der Waals surface area contributed by atoms with Crippen LogP contribution in [0, 0.1) is 14.1 Å². The van der Waals surface area contributed by atoms with E-state index in [-0.39, 0.29) is 0 Å². The van der Waals surface area contributed by atoms with Crippen molar-refractivity contribution in [2.75, 3.05) is 7.11 Å². The zero-order valence-electron chi connectivity index (χ0n) is 12.7. The molecule has 0 bridgehead atoms. The maximum absolute atomic E-state index is 15.7. The minimum absolute atomic E-state index is 0.291. The van der Waals surface area contributed by atoms with Gasteiger partial charge in [0.2, 0.25) is 0 Å². The van der Waals surface area contributed by atoms with E-state index in [0.717, 1.165) is 24.3 Å². The summed E-state index contributed by atoms with van der Waals surface area (Å²) in [7, 11) is -4.85. The Labute approximate surface area is 142 Å². The quantitative estimate of drug-likeness (QED) is 0.353. The fraction of sp³-hybridized carbons (Fsp3) is 0.200. The summed E-state index contributed by atoms with van der Waals surface area (Å²) in [6, 6.07) is 9.56. The number of alkyl halides is 3. The van der Waals surface area contributed by atoms with Crippen molar-refractivity contribution in [3.05, 3.63) is 61.2 Å². The van der Waals surface area contributed by atoms with E-state index < -0.39 is 39.5 Å². The summed E-state index contributed by atoms with van der Waals surface area (Å²) < 4.78 is 76.8. The van der Waals surface area contributed by atoms with Gasteiger partial charge < -0.3 is 0 Å². The Morgan fingerprint density at radius 2 is 1.42 bits per heavy atom. The van der Waals surface area contributed by atoms with Gasteiger partial charge in [0.05, 0.1) is 0 Å². The molecule has 0 radical (unpaired) electrons. The number of benzene rings is 2. The van der Waals surface area contributed by atoms with Crippen molar-refractivity contribution in [1.29, 1.82) is 0 Å². The van der Waals surface area contributed by atoms with Crippen LogP contribution >= 0.6 is 0 Å². The molecule has 0 heterocycles. The average molecular weight is 474 g/mol. The van der Waals surface area contributed by atoms with Crippen LogP contribution in [0.5, 0.6) is 5.75 Å². The number of hydrogen-bond donors (Lipinski definition) is 0. The molecule has 2 aromatic carbocycles. The van der Waals surface area contributed by atoms with Gasteiger partial charge in [0.15, 0.2) is 0 Å².